The molecule has 59 heavy (non-hydrogen) atoms. The second kappa shape index (κ2) is 49.2. The van der Waals surface area contributed by atoms with E-state index in [1.54, 1.807) is 0 Å². The number of nitrogens with one attached hydrogen (secondary N) is 1. The predicted molar refractivity (Wildman–Crippen MR) is 259 cm³/mol. The summed E-state index contributed by atoms with van der Waals surface area (Å²) in [5.41, 5.74) is 0. The van der Waals surface area contributed by atoms with Crippen molar-refractivity contribution in [3.63, 3.8) is 0 Å². The van der Waals surface area contributed by atoms with Gasteiger partial charge in [-0.1, -0.05) is 237 Å². The number of amides is 1. The van der Waals surface area contributed by atoms with Crippen LogP contribution in [0.1, 0.15) is 277 Å². The van der Waals surface area contributed by atoms with Crippen LogP contribution < -0.4 is 5.32 Å². The lowest BCUT2D eigenvalue weighted by Gasteiger charge is -2.26. The van der Waals surface area contributed by atoms with Gasteiger partial charge in [0, 0.05) is 6.42 Å². The van der Waals surface area contributed by atoms with Crippen LogP contribution in [0.5, 0.6) is 0 Å². The molecule has 3 unspecified atom stereocenters. The molecule has 3 atom stereocenters. The topological polar surface area (TPSA) is 89.8 Å². The number of carbonyl (C=O) groups excluding carboxylic acids is 1. The average molecular weight is 830 g/mol. The minimum Gasteiger partial charge on any atom is -0.394 e. The van der Waals surface area contributed by atoms with Crippen LogP contribution in [0.3, 0.4) is 0 Å². The number of hydrogen-bond donors (Lipinski definition) is 4. The van der Waals surface area contributed by atoms with Gasteiger partial charge in [-0.3, -0.25) is 4.79 Å². The third kappa shape index (κ3) is 44.4. The van der Waals surface area contributed by atoms with E-state index in [1.165, 1.54) is 199 Å². The van der Waals surface area contributed by atoms with Gasteiger partial charge in [0.05, 0.1) is 18.8 Å². The maximum absolute atomic E-state index is 12.5. The van der Waals surface area contributed by atoms with Crippen LogP contribution in [-0.2, 0) is 4.79 Å². The van der Waals surface area contributed by atoms with E-state index < -0.39 is 18.2 Å². The number of hydrogen-bond acceptors (Lipinski definition) is 4. The lowest BCUT2D eigenvalue weighted by atomic mass is 10.0. The van der Waals surface area contributed by atoms with E-state index in [9.17, 15) is 20.1 Å². The Morgan fingerprint density at radius 2 is 0.729 bits per heavy atom. The van der Waals surface area contributed by atoms with Crippen LogP contribution in [0.25, 0.3) is 0 Å². The molecule has 0 saturated heterocycles. The van der Waals surface area contributed by atoms with Crippen LogP contribution in [0, 0.1) is 0 Å². The Morgan fingerprint density at radius 1 is 0.424 bits per heavy atom. The fourth-order valence-corrected chi connectivity index (χ4v) is 8.14. The SMILES string of the molecule is CCCCCCCCCCC/C=C\C/C=C\CCCCCCCCCC(=O)NC(CO)C(O)C(O)CCC/C=C/CCCCCCCCCCCCCCCCCCC. The van der Waals surface area contributed by atoms with Gasteiger partial charge >= 0.3 is 0 Å². The zero-order valence-corrected chi connectivity index (χ0v) is 39.6. The average Bonchev–Trinajstić information content (AvgIpc) is 3.24. The number of aliphatic hydroxyl groups excluding tert-OH is 3. The van der Waals surface area contributed by atoms with Gasteiger partial charge in [0.1, 0.15) is 6.10 Å². The summed E-state index contributed by atoms with van der Waals surface area (Å²) in [6.45, 7) is 4.19. The van der Waals surface area contributed by atoms with Gasteiger partial charge < -0.3 is 20.6 Å². The van der Waals surface area contributed by atoms with Crippen molar-refractivity contribution in [1.29, 1.82) is 0 Å². The van der Waals surface area contributed by atoms with E-state index in [0.29, 0.717) is 12.8 Å². The summed E-state index contributed by atoms with van der Waals surface area (Å²) < 4.78 is 0. The molecule has 0 aromatic carbocycles. The minimum absolute atomic E-state index is 0.160. The molecule has 0 saturated carbocycles. The molecule has 0 heterocycles. The first-order valence-corrected chi connectivity index (χ1v) is 26.3. The highest BCUT2D eigenvalue weighted by molar-refractivity contribution is 5.76. The normalized spacial score (nSPS) is 13.6. The molecule has 0 bridgehead atoms. The second-order valence-electron chi connectivity index (χ2n) is 18.1. The van der Waals surface area contributed by atoms with Crippen molar-refractivity contribution in [3.05, 3.63) is 36.5 Å². The molecule has 348 valence electrons. The fraction of sp³-hybridized carbons (Fsp3) is 0.870. The molecule has 5 nitrogen and oxygen atoms in total. The number of unbranched alkanes of at least 4 members (excludes halogenated alkanes) is 34. The molecule has 0 aromatic heterocycles. The van der Waals surface area contributed by atoms with E-state index >= 15 is 0 Å². The largest absolute Gasteiger partial charge is 0.394 e. The lowest BCUT2D eigenvalue weighted by molar-refractivity contribution is -0.124. The van der Waals surface area contributed by atoms with Crippen molar-refractivity contribution in [3.8, 4) is 0 Å². The maximum Gasteiger partial charge on any atom is 0.220 e. The standard InChI is InChI=1S/C54H103NO4/c1-3-5-7-9-11-13-15-17-19-21-23-25-27-29-31-33-35-37-39-41-43-45-47-49-53(58)55-51(50-56)54(59)52(57)48-46-44-42-40-38-36-34-32-30-28-26-24-22-20-18-16-14-12-10-8-6-4-2/h23,25,29,31,40,42,51-52,54,56-57,59H,3-22,24,26-28,30,32-39,41,43-50H2,1-2H3,(H,55,58)/b25-23-,31-29-,42-40+. The van der Waals surface area contributed by atoms with Crippen molar-refractivity contribution in [1.82, 2.24) is 5.32 Å². The molecule has 4 N–H and O–H groups in total. The number of allylic oxidation sites excluding steroid dienone is 6. The van der Waals surface area contributed by atoms with Crippen LogP contribution in [0.15, 0.2) is 36.5 Å². The monoisotopic (exact) mass is 830 g/mol. The Hall–Kier alpha value is -1.43. The summed E-state index contributed by atoms with van der Waals surface area (Å²) >= 11 is 0. The minimum atomic E-state index is -1.16. The molecule has 0 aliphatic heterocycles. The molecule has 0 radical (unpaired) electrons. The van der Waals surface area contributed by atoms with Crippen molar-refractivity contribution in [2.75, 3.05) is 6.61 Å². The summed E-state index contributed by atoms with van der Waals surface area (Å²) in [5, 5.41) is 33.7. The summed E-state index contributed by atoms with van der Waals surface area (Å²) in [7, 11) is 0. The smallest absolute Gasteiger partial charge is 0.220 e. The molecule has 0 aliphatic carbocycles. The predicted octanol–water partition coefficient (Wildman–Crippen LogP) is 15.9. The Morgan fingerprint density at radius 3 is 1.08 bits per heavy atom. The summed E-state index contributed by atoms with van der Waals surface area (Å²) in [5.74, 6) is -0.160. The van der Waals surface area contributed by atoms with E-state index in [2.05, 4.69) is 55.6 Å². The van der Waals surface area contributed by atoms with Gasteiger partial charge in [0.25, 0.3) is 0 Å². The van der Waals surface area contributed by atoms with Gasteiger partial charge in [-0.25, -0.2) is 0 Å². The Balaban J connectivity index is 3.62. The van der Waals surface area contributed by atoms with E-state index in [1.807, 2.05) is 0 Å². The molecule has 0 aliphatic rings. The molecule has 0 spiro atoms. The summed E-state index contributed by atoms with van der Waals surface area (Å²) in [6, 6.07) is -0.831. The van der Waals surface area contributed by atoms with Crippen LogP contribution in [0.4, 0.5) is 0 Å². The highest BCUT2D eigenvalue weighted by atomic mass is 16.3. The second-order valence-corrected chi connectivity index (χ2v) is 18.1. The quantitative estimate of drug-likeness (QED) is 0.0363. The van der Waals surface area contributed by atoms with Crippen molar-refractivity contribution in [2.45, 2.75) is 295 Å². The third-order valence-corrected chi connectivity index (χ3v) is 12.2. The van der Waals surface area contributed by atoms with Crippen LogP contribution >= 0.6 is 0 Å². The maximum atomic E-state index is 12.5. The molecule has 0 rings (SSSR count). The van der Waals surface area contributed by atoms with Gasteiger partial charge in [0.2, 0.25) is 5.91 Å². The zero-order chi connectivity index (χ0) is 43.0. The first-order valence-electron chi connectivity index (χ1n) is 26.3. The van der Waals surface area contributed by atoms with E-state index in [-0.39, 0.29) is 12.5 Å². The number of rotatable bonds is 48. The lowest BCUT2D eigenvalue weighted by Crippen LogP contribution is -2.50. The van der Waals surface area contributed by atoms with Crippen LogP contribution in [0.2, 0.25) is 0 Å². The Bertz CT molecular complexity index is 916. The molecule has 0 fully saturated rings. The highest BCUT2D eigenvalue weighted by Gasteiger charge is 2.26. The zero-order valence-electron chi connectivity index (χ0n) is 39.6. The van der Waals surface area contributed by atoms with Gasteiger partial charge in [-0.05, 0) is 70.6 Å². The molecule has 5 heteroatoms. The van der Waals surface area contributed by atoms with Crippen molar-refractivity contribution in [2.24, 2.45) is 0 Å². The number of aliphatic hydroxyl groups is 3. The first kappa shape index (κ1) is 57.6. The van der Waals surface area contributed by atoms with Crippen molar-refractivity contribution >= 4 is 5.91 Å². The van der Waals surface area contributed by atoms with Crippen molar-refractivity contribution < 1.29 is 20.1 Å². The summed E-state index contributed by atoms with van der Waals surface area (Å²) in [4.78, 5) is 12.5. The van der Waals surface area contributed by atoms with E-state index in [0.717, 1.165) is 51.4 Å². The molecular weight excluding hydrogens is 727 g/mol. The number of carbonyl (C=O) groups is 1. The van der Waals surface area contributed by atoms with Gasteiger partial charge in [-0.2, -0.15) is 0 Å². The Kier molecular flexibility index (Phi) is 48.0. The molecule has 1 amide bonds. The fourth-order valence-electron chi connectivity index (χ4n) is 8.14. The van der Waals surface area contributed by atoms with Crippen LogP contribution in [-0.4, -0.2) is 46.1 Å². The highest BCUT2D eigenvalue weighted by Crippen LogP contribution is 2.16. The van der Waals surface area contributed by atoms with Gasteiger partial charge in [0.15, 0.2) is 0 Å². The third-order valence-electron chi connectivity index (χ3n) is 12.2. The Labute approximate surface area is 368 Å². The first-order chi connectivity index (χ1) is 29.1. The molecular formula is C54H103NO4. The molecule has 0 aromatic rings. The van der Waals surface area contributed by atoms with Gasteiger partial charge in [-0.15, -0.1) is 0 Å². The summed E-state index contributed by atoms with van der Waals surface area (Å²) in [6.07, 6.45) is 62.8. The van der Waals surface area contributed by atoms with E-state index in [4.69, 9.17) is 0 Å².